The Bertz CT molecular complexity index is 476. The molecule has 1 heterocycles. The average Bonchev–Trinajstić information content (AvgIpc) is 2.47. The zero-order valence-electron chi connectivity index (χ0n) is 12.1. The molecule has 2 N–H and O–H groups in total. The van der Waals surface area contributed by atoms with Gasteiger partial charge in [0.1, 0.15) is 0 Å². The van der Waals surface area contributed by atoms with Crippen molar-refractivity contribution in [3.63, 3.8) is 0 Å². The molecule has 0 aliphatic carbocycles. The van der Waals surface area contributed by atoms with Crippen molar-refractivity contribution in [3.05, 3.63) is 23.8 Å². The zero-order valence-corrected chi connectivity index (χ0v) is 12.1. The topological polar surface area (TPSA) is 64.8 Å². The van der Waals surface area contributed by atoms with E-state index in [1.54, 1.807) is 14.2 Å². The van der Waals surface area contributed by atoms with E-state index in [4.69, 9.17) is 15.2 Å². The monoisotopic (exact) mass is 278 g/mol. The molecule has 20 heavy (non-hydrogen) atoms. The number of primary amides is 1. The molecule has 1 saturated heterocycles. The number of carbonyl (C=O) groups excluding carboxylic acids is 1. The molecule has 1 aliphatic rings. The SMILES string of the molecule is COc1cccc(CN2CCCC[C@@H]2C(N)=O)c1OC. The number of methoxy groups -OCH3 is 2. The lowest BCUT2D eigenvalue weighted by molar-refractivity contribution is -0.124. The number of rotatable bonds is 5. The van der Waals surface area contributed by atoms with Gasteiger partial charge in [0.2, 0.25) is 5.91 Å². The highest BCUT2D eigenvalue weighted by Gasteiger charge is 2.27. The Morgan fingerprint density at radius 2 is 2.15 bits per heavy atom. The predicted octanol–water partition coefficient (Wildman–Crippen LogP) is 1.54. The molecule has 5 nitrogen and oxygen atoms in total. The number of para-hydroxylation sites is 1. The lowest BCUT2D eigenvalue weighted by Gasteiger charge is -2.33. The van der Waals surface area contributed by atoms with E-state index in [0.29, 0.717) is 12.3 Å². The van der Waals surface area contributed by atoms with Gasteiger partial charge in [-0.2, -0.15) is 0 Å². The molecule has 2 rings (SSSR count). The number of ether oxygens (including phenoxy) is 2. The van der Waals surface area contributed by atoms with Crippen LogP contribution in [0.25, 0.3) is 0 Å². The summed E-state index contributed by atoms with van der Waals surface area (Å²) < 4.78 is 10.7. The van der Waals surface area contributed by atoms with Crippen molar-refractivity contribution in [1.82, 2.24) is 4.90 Å². The first-order chi connectivity index (χ1) is 9.67. The Labute approximate surface area is 119 Å². The van der Waals surface area contributed by atoms with Gasteiger partial charge >= 0.3 is 0 Å². The third-order valence-corrected chi connectivity index (χ3v) is 3.80. The second kappa shape index (κ2) is 6.61. The maximum atomic E-state index is 11.6. The summed E-state index contributed by atoms with van der Waals surface area (Å²) in [7, 11) is 3.25. The van der Waals surface area contributed by atoms with Crippen molar-refractivity contribution >= 4 is 5.91 Å². The molecule has 1 aromatic carbocycles. The van der Waals surface area contributed by atoms with Crippen LogP contribution in [0, 0.1) is 0 Å². The molecule has 0 saturated carbocycles. The molecule has 1 aliphatic heterocycles. The highest BCUT2D eigenvalue weighted by atomic mass is 16.5. The summed E-state index contributed by atoms with van der Waals surface area (Å²) in [6.45, 7) is 1.53. The van der Waals surface area contributed by atoms with Crippen LogP contribution in [0.4, 0.5) is 0 Å². The molecular formula is C15H22N2O3. The van der Waals surface area contributed by atoms with Crippen molar-refractivity contribution in [2.45, 2.75) is 31.8 Å². The van der Waals surface area contributed by atoms with Crippen LogP contribution in [0.1, 0.15) is 24.8 Å². The van der Waals surface area contributed by atoms with Gasteiger partial charge in [-0.05, 0) is 25.5 Å². The number of carbonyl (C=O) groups is 1. The number of likely N-dealkylation sites (tertiary alicyclic amines) is 1. The fourth-order valence-electron chi connectivity index (χ4n) is 2.80. The van der Waals surface area contributed by atoms with Gasteiger partial charge in [-0.3, -0.25) is 9.69 Å². The van der Waals surface area contributed by atoms with E-state index in [0.717, 1.165) is 37.1 Å². The quantitative estimate of drug-likeness (QED) is 0.887. The molecule has 5 heteroatoms. The first-order valence-electron chi connectivity index (χ1n) is 6.90. The summed E-state index contributed by atoms with van der Waals surface area (Å²) >= 11 is 0. The van der Waals surface area contributed by atoms with Crippen LogP contribution in [-0.4, -0.2) is 37.6 Å². The van der Waals surface area contributed by atoms with Crippen LogP contribution >= 0.6 is 0 Å². The second-order valence-corrected chi connectivity index (χ2v) is 5.04. The average molecular weight is 278 g/mol. The molecule has 0 spiro atoms. The van der Waals surface area contributed by atoms with Crippen molar-refractivity contribution in [2.24, 2.45) is 5.73 Å². The summed E-state index contributed by atoms with van der Waals surface area (Å²) in [5, 5.41) is 0. The van der Waals surface area contributed by atoms with E-state index >= 15 is 0 Å². The molecular weight excluding hydrogens is 256 g/mol. The highest BCUT2D eigenvalue weighted by molar-refractivity contribution is 5.79. The Kier molecular flexibility index (Phi) is 4.84. The Morgan fingerprint density at radius 1 is 1.35 bits per heavy atom. The summed E-state index contributed by atoms with van der Waals surface area (Å²) in [4.78, 5) is 13.7. The van der Waals surface area contributed by atoms with Crippen molar-refractivity contribution in [3.8, 4) is 11.5 Å². The number of amides is 1. The minimum absolute atomic E-state index is 0.181. The summed E-state index contributed by atoms with van der Waals surface area (Å²) in [5.41, 5.74) is 6.52. The van der Waals surface area contributed by atoms with E-state index in [2.05, 4.69) is 4.90 Å². The van der Waals surface area contributed by atoms with Gasteiger partial charge < -0.3 is 15.2 Å². The Hall–Kier alpha value is -1.75. The molecule has 0 aromatic heterocycles. The minimum Gasteiger partial charge on any atom is -0.493 e. The maximum absolute atomic E-state index is 11.6. The summed E-state index contributed by atoms with van der Waals surface area (Å²) in [5.74, 6) is 1.19. The largest absolute Gasteiger partial charge is 0.493 e. The van der Waals surface area contributed by atoms with Crippen LogP contribution in [0.2, 0.25) is 0 Å². The third-order valence-electron chi connectivity index (χ3n) is 3.80. The number of nitrogens with zero attached hydrogens (tertiary/aromatic N) is 1. The molecule has 1 amide bonds. The molecule has 1 atom stereocenters. The van der Waals surface area contributed by atoms with Crippen molar-refractivity contribution in [2.75, 3.05) is 20.8 Å². The van der Waals surface area contributed by atoms with Gasteiger partial charge in [-0.25, -0.2) is 0 Å². The maximum Gasteiger partial charge on any atom is 0.234 e. The molecule has 0 bridgehead atoms. The van der Waals surface area contributed by atoms with Gasteiger partial charge in [0.05, 0.1) is 20.3 Å². The smallest absolute Gasteiger partial charge is 0.234 e. The van der Waals surface area contributed by atoms with Crippen LogP contribution in [0.15, 0.2) is 18.2 Å². The number of benzene rings is 1. The van der Waals surface area contributed by atoms with E-state index in [9.17, 15) is 4.79 Å². The van der Waals surface area contributed by atoms with Crippen LogP contribution < -0.4 is 15.2 Å². The zero-order chi connectivity index (χ0) is 14.5. The minimum atomic E-state index is -0.244. The first kappa shape index (κ1) is 14.7. The van der Waals surface area contributed by atoms with Crippen molar-refractivity contribution < 1.29 is 14.3 Å². The Balaban J connectivity index is 2.22. The predicted molar refractivity (Wildman–Crippen MR) is 76.8 cm³/mol. The van der Waals surface area contributed by atoms with E-state index < -0.39 is 0 Å². The third kappa shape index (κ3) is 3.04. The number of nitrogens with two attached hydrogens (primary N) is 1. The fourth-order valence-corrected chi connectivity index (χ4v) is 2.80. The lowest BCUT2D eigenvalue weighted by atomic mass is 10.0. The first-order valence-corrected chi connectivity index (χ1v) is 6.90. The van der Waals surface area contributed by atoms with Gasteiger partial charge in [0.25, 0.3) is 0 Å². The van der Waals surface area contributed by atoms with E-state index in [1.165, 1.54) is 0 Å². The summed E-state index contributed by atoms with van der Waals surface area (Å²) in [6, 6.07) is 5.61. The van der Waals surface area contributed by atoms with Crippen LogP contribution in [0.5, 0.6) is 11.5 Å². The molecule has 0 unspecified atom stereocenters. The number of hydrogen-bond acceptors (Lipinski definition) is 4. The van der Waals surface area contributed by atoms with Gasteiger partial charge in [0, 0.05) is 12.1 Å². The number of piperidine rings is 1. The van der Waals surface area contributed by atoms with Crippen molar-refractivity contribution in [1.29, 1.82) is 0 Å². The molecule has 110 valence electrons. The molecule has 0 radical (unpaired) electrons. The standard InChI is InChI=1S/C15H22N2O3/c1-19-13-8-5-6-11(14(13)20-2)10-17-9-4-3-7-12(17)15(16)18/h5-6,8,12H,3-4,7,9-10H2,1-2H3,(H2,16,18)/t12-/m1/s1. The fraction of sp³-hybridized carbons (Fsp3) is 0.533. The van der Waals surface area contributed by atoms with E-state index in [-0.39, 0.29) is 11.9 Å². The Morgan fingerprint density at radius 3 is 2.80 bits per heavy atom. The normalized spacial score (nSPS) is 19.6. The summed E-state index contributed by atoms with van der Waals surface area (Å²) in [6.07, 6.45) is 2.98. The lowest BCUT2D eigenvalue weighted by Crippen LogP contribution is -2.47. The highest BCUT2D eigenvalue weighted by Crippen LogP contribution is 2.32. The van der Waals surface area contributed by atoms with Gasteiger partial charge in [-0.15, -0.1) is 0 Å². The van der Waals surface area contributed by atoms with Crippen LogP contribution in [0.3, 0.4) is 0 Å². The number of hydrogen-bond donors (Lipinski definition) is 1. The molecule has 1 aromatic rings. The van der Waals surface area contributed by atoms with Crippen LogP contribution in [-0.2, 0) is 11.3 Å². The molecule has 1 fully saturated rings. The second-order valence-electron chi connectivity index (χ2n) is 5.04. The van der Waals surface area contributed by atoms with E-state index in [1.807, 2.05) is 18.2 Å². The van der Waals surface area contributed by atoms with Gasteiger partial charge in [-0.1, -0.05) is 18.6 Å². The van der Waals surface area contributed by atoms with Gasteiger partial charge in [0.15, 0.2) is 11.5 Å².